The van der Waals surface area contributed by atoms with Gasteiger partial charge in [-0.1, -0.05) is 12.1 Å². The molecule has 2 atom stereocenters. The first-order chi connectivity index (χ1) is 9.63. The van der Waals surface area contributed by atoms with Gasteiger partial charge in [0.25, 0.3) is 5.90 Å². The lowest BCUT2D eigenvalue weighted by Crippen LogP contribution is -2.24. The van der Waals surface area contributed by atoms with Crippen LogP contribution in [0, 0.1) is 0 Å². The Bertz CT molecular complexity index is 652. The molecule has 0 amide bonds. The normalized spacial score (nSPS) is 22.8. The van der Waals surface area contributed by atoms with Crippen LogP contribution in [0.1, 0.15) is 11.7 Å². The lowest BCUT2D eigenvalue weighted by atomic mass is 10.0. The molecule has 0 radical (unpaired) electrons. The number of rotatable bonds is 3. The summed E-state index contributed by atoms with van der Waals surface area (Å²) in [5, 5.41) is 9.11. The maximum absolute atomic E-state index is 12.6. The van der Waals surface area contributed by atoms with Gasteiger partial charge >= 0.3 is 6.18 Å². The smallest absolute Gasteiger partial charge is 0.464 e. The molecule has 1 heterocycles. The van der Waals surface area contributed by atoms with Crippen LogP contribution in [0.3, 0.4) is 0 Å². The van der Waals surface area contributed by atoms with Crippen molar-refractivity contribution in [2.24, 2.45) is 4.99 Å². The van der Waals surface area contributed by atoms with E-state index in [1.807, 2.05) is 0 Å². The number of benzene rings is 1. The lowest BCUT2D eigenvalue weighted by molar-refractivity contribution is -0.0796. The van der Waals surface area contributed by atoms with Crippen LogP contribution < -0.4 is 0 Å². The number of nitrogens with zero attached hydrogens (tertiary/aromatic N) is 1. The molecule has 21 heavy (non-hydrogen) atoms. The van der Waals surface area contributed by atoms with Gasteiger partial charge in [-0.15, -0.1) is 0 Å². The molecule has 2 rings (SSSR count). The van der Waals surface area contributed by atoms with Gasteiger partial charge in [0.2, 0.25) is 0 Å². The molecule has 0 aliphatic carbocycles. The summed E-state index contributed by atoms with van der Waals surface area (Å²) >= 11 is 0. The zero-order chi connectivity index (χ0) is 15.8. The van der Waals surface area contributed by atoms with E-state index in [1.165, 1.54) is 24.3 Å². The number of aliphatic hydroxyl groups is 1. The molecule has 0 bridgehead atoms. The minimum atomic E-state index is -4.73. The second-order valence-electron chi connectivity index (χ2n) is 4.56. The molecule has 1 aliphatic heterocycles. The largest absolute Gasteiger partial charge is 0.468 e. The first-order valence-corrected chi connectivity index (χ1v) is 7.74. The number of halogens is 3. The maximum Gasteiger partial charge on any atom is 0.468 e. The summed E-state index contributed by atoms with van der Waals surface area (Å²) < 4.78 is 65.1. The number of alkyl halides is 3. The second kappa shape index (κ2) is 5.30. The van der Waals surface area contributed by atoms with Gasteiger partial charge in [-0.25, -0.2) is 13.4 Å². The first kappa shape index (κ1) is 15.8. The Morgan fingerprint density at radius 3 is 2.29 bits per heavy atom. The topological polar surface area (TPSA) is 76.0 Å². The van der Waals surface area contributed by atoms with Crippen molar-refractivity contribution >= 4 is 15.7 Å². The van der Waals surface area contributed by atoms with Crippen LogP contribution in [-0.2, 0) is 14.6 Å². The standard InChI is InChI=1S/C12H12F3NO4S/c1-21(18,19)8-4-2-7(3-5-8)10-9(6-17)16-11(20-10)12(13,14)15/h2-5,9-10,17H,6H2,1H3. The van der Waals surface area contributed by atoms with Crippen LogP contribution >= 0.6 is 0 Å². The van der Waals surface area contributed by atoms with Crippen LogP contribution in [0.25, 0.3) is 0 Å². The summed E-state index contributed by atoms with van der Waals surface area (Å²) in [5.74, 6) is -1.39. The average Bonchev–Trinajstić information content (AvgIpc) is 2.81. The van der Waals surface area contributed by atoms with Gasteiger partial charge in [0, 0.05) is 6.26 Å². The Kier molecular flexibility index (Phi) is 3.98. The SMILES string of the molecule is CS(=O)(=O)c1ccc(C2OC(C(F)(F)F)=NC2CO)cc1. The number of aliphatic imine (C=N–C) groups is 1. The van der Waals surface area contributed by atoms with Crippen LogP contribution in [0.5, 0.6) is 0 Å². The van der Waals surface area contributed by atoms with Crippen LogP contribution in [0.4, 0.5) is 13.2 Å². The van der Waals surface area contributed by atoms with Gasteiger partial charge in [0.15, 0.2) is 15.9 Å². The van der Waals surface area contributed by atoms with E-state index >= 15 is 0 Å². The molecule has 0 spiro atoms. The number of hydrogen-bond acceptors (Lipinski definition) is 5. The predicted molar refractivity (Wildman–Crippen MR) is 67.7 cm³/mol. The van der Waals surface area contributed by atoms with Crippen LogP contribution in [0.15, 0.2) is 34.2 Å². The summed E-state index contributed by atoms with van der Waals surface area (Å²) in [4.78, 5) is 3.35. The van der Waals surface area contributed by atoms with Crippen molar-refractivity contribution in [1.82, 2.24) is 0 Å². The van der Waals surface area contributed by atoms with E-state index in [9.17, 15) is 21.6 Å². The fourth-order valence-electron chi connectivity index (χ4n) is 1.92. The van der Waals surface area contributed by atoms with Gasteiger partial charge in [-0.2, -0.15) is 13.2 Å². The average molecular weight is 323 g/mol. The van der Waals surface area contributed by atoms with Crippen LogP contribution in [0.2, 0.25) is 0 Å². The Labute approximate surface area is 119 Å². The fourth-order valence-corrected chi connectivity index (χ4v) is 2.55. The molecule has 1 N–H and O–H groups in total. The third kappa shape index (κ3) is 3.35. The fraction of sp³-hybridized carbons (Fsp3) is 0.417. The van der Waals surface area contributed by atoms with Crippen molar-refractivity contribution in [3.05, 3.63) is 29.8 Å². The summed E-state index contributed by atoms with van der Waals surface area (Å²) in [6.45, 7) is -0.613. The van der Waals surface area contributed by atoms with Crippen LogP contribution in [-0.4, -0.2) is 44.5 Å². The minimum absolute atomic E-state index is 0.0433. The van der Waals surface area contributed by atoms with Crippen molar-refractivity contribution in [2.45, 2.75) is 23.2 Å². The van der Waals surface area contributed by atoms with E-state index < -0.39 is 40.7 Å². The third-order valence-electron chi connectivity index (χ3n) is 2.94. The van der Waals surface area contributed by atoms with Gasteiger partial charge in [0.1, 0.15) is 6.04 Å². The van der Waals surface area contributed by atoms with Gasteiger partial charge in [-0.3, -0.25) is 0 Å². The highest BCUT2D eigenvalue weighted by molar-refractivity contribution is 7.90. The zero-order valence-electron chi connectivity index (χ0n) is 10.8. The summed E-state index contributed by atoms with van der Waals surface area (Å²) in [6, 6.07) is 4.16. The van der Waals surface area contributed by atoms with E-state index in [2.05, 4.69) is 4.99 Å². The number of ether oxygens (including phenoxy) is 1. The van der Waals surface area contributed by atoms with E-state index in [1.54, 1.807) is 0 Å². The molecule has 1 aliphatic rings. The molecule has 0 aromatic heterocycles. The molecule has 0 fully saturated rings. The Hall–Kier alpha value is -1.61. The van der Waals surface area contributed by atoms with E-state index in [0.29, 0.717) is 5.56 Å². The quantitative estimate of drug-likeness (QED) is 0.914. The molecular formula is C12H12F3NO4S. The number of sulfone groups is 1. The lowest BCUT2D eigenvalue weighted by Gasteiger charge is -2.17. The van der Waals surface area contributed by atoms with E-state index in [0.717, 1.165) is 6.26 Å². The van der Waals surface area contributed by atoms with E-state index in [4.69, 9.17) is 9.84 Å². The molecule has 0 saturated carbocycles. The highest BCUT2D eigenvalue weighted by atomic mass is 32.2. The number of aliphatic hydroxyl groups excluding tert-OH is 1. The first-order valence-electron chi connectivity index (χ1n) is 5.85. The van der Waals surface area contributed by atoms with Crippen molar-refractivity contribution in [2.75, 3.05) is 12.9 Å². The minimum Gasteiger partial charge on any atom is -0.464 e. The molecular weight excluding hydrogens is 311 g/mol. The van der Waals surface area contributed by atoms with Crippen molar-refractivity contribution in [3.63, 3.8) is 0 Å². The molecule has 2 unspecified atom stereocenters. The molecule has 0 saturated heterocycles. The monoisotopic (exact) mass is 323 g/mol. The number of hydrogen-bond donors (Lipinski definition) is 1. The maximum atomic E-state index is 12.6. The molecule has 116 valence electrons. The Morgan fingerprint density at radius 1 is 1.29 bits per heavy atom. The van der Waals surface area contributed by atoms with Gasteiger partial charge in [0.05, 0.1) is 11.5 Å². The molecule has 1 aromatic carbocycles. The third-order valence-corrected chi connectivity index (χ3v) is 4.07. The highest BCUT2D eigenvalue weighted by Crippen LogP contribution is 2.34. The molecule has 1 aromatic rings. The second-order valence-corrected chi connectivity index (χ2v) is 6.58. The molecule has 9 heteroatoms. The Morgan fingerprint density at radius 2 is 1.86 bits per heavy atom. The predicted octanol–water partition coefficient (Wildman–Crippen LogP) is 1.48. The molecule has 5 nitrogen and oxygen atoms in total. The van der Waals surface area contributed by atoms with Crippen molar-refractivity contribution in [1.29, 1.82) is 0 Å². The van der Waals surface area contributed by atoms with Gasteiger partial charge < -0.3 is 9.84 Å². The van der Waals surface area contributed by atoms with E-state index in [-0.39, 0.29) is 4.90 Å². The van der Waals surface area contributed by atoms with Crippen molar-refractivity contribution in [3.8, 4) is 0 Å². The highest BCUT2D eigenvalue weighted by Gasteiger charge is 2.46. The summed E-state index contributed by atoms with van der Waals surface area (Å²) in [6.07, 6.45) is -4.80. The Balaban J connectivity index is 2.27. The zero-order valence-corrected chi connectivity index (χ0v) is 11.6. The summed E-state index contributed by atoms with van der Waals surface area (Å²) in [7, 11) is -3.40. The summed E-state index contributed by atoms with van der Waals surface area (Å²) in [5.41, 5.74) is 0.310. The van der Waals surface area contributed by atoms with Crippen molar-refractivity contribution < 1.29 is 31.4 Å². The van der Waals surface area contributed by atoms with Gasteiger partial charge in [-0.05, 0) is 17.7 Å².